The van der Waals surface area contributed by atoms with Gasteiger partial charge in [-0.2, -0.15) is 0 Å². The van der Waals surface area contributed by atoms with Gasteiger partial charge in [0.05, 0.1) is 20.8 Å². The van der Waals surface area contributed by atoms with Crippen molar-refractivity contribution in [2.24, 2.45) is 4.99 Å². The summed E-state index contributed by atoms with van der Waals surface area (Å²) < 4.78 is 13.0. The summed E-state index contributed by atoms with van der Waals surface area (Å²) in [4.78, 5) is 6.73. The van der Waals surface area contributed by atoms with Crippen LogP contribution in [0.1, 0.15) is 30.9 Å². The highest BCUT2D eigenvalue weighted by molar-refractivity contribution is 5.80. The van der Waals surface area contributed by atoms with Gasteiger partial charge in [-0.3, -0.25) is 4.99 Å². The highest BCUT2D eigenvalue weighted by atomic mass is 16.5. The Morgan fingerprint density at radius 1 is 1.13 bits per heavy atom. The van der Waals surface area contributed by atoms with Crippen LogP contribution in [0.5, 0.6) is 11.5 Å². The molecule has 9 nitrogen and oxygen atoms in total. The van der Waals surface area contributed by atoms with Crippen LogP contribution in [0.3, 0.4) is 0 Å². The summed E-state index contributed by atoms with van der Waals surface area (Å²) in [6, 6.07) is 6.30. The lowest BCUT2D eigenvalue weighted by Gasteiger charge is -2.21. The van der Waals surface area contributed by atoms with Gasteiger partial charge in [0.2, 0.25) is 0 Å². The van der Waals surface area contributed by atoms with Gasteiger partial charge in [0.15, 0.2) is 11.8 Å². The monoisotopic (exact) mass is 413 g/mol. The van der Waals surface area contributed by atoms with Crippen molar-refractivity contribution in [1.29, 1.82) is 0 Å². The zero-order chi connectivity index (χ0) is 20.9. The molecule has 9 heteroatoms. The quantitative estimate of drug-likeness (QED) is 0.549. The molecule has 162 valence electrons. The van der Waals surface area contributed by atoms with Crippen molar-refractivity contribution in [2.45, 2.75) is 44.8 Å². The summed E-state index contributed by atoms with van der Waals surface area (Å²) in [5, 5.41) is 15.6. The lowest BCUT2D eigenvalue weighted by Crippen LogP contribution is -2.44. The van der Waals surface area contributed by atoms with E-state index in [2.05, 4.69) is 35.3 Å². The third kappa shape index (κ3) is 4.44. The standard InChI is InChI=1S/C21H31N7O2/c1-22-21(23-13-20-26-25-19-6-4-5-8-28(19)20)24-15-7-9-27(14-15)16-10-17(29-2)12-18(11-16)30-3/h10-12,15H,4-9,13-14H2,1-3H3,(H2,22,23,24). The fourth-order valence-corrected chi connectivity index (χ4v) is 4.14. The topological polar surface area (TPSA) is 88.8 Å². The highest BCUT2D eigenvalue weighted by Crippen LogP contribution is 2.30. The lowest BCUT2D eigenvalue weighted by molar-refractivity contribution is 0.394. The molecule has 1 aromatic heterocycles. The molecule has 1 fully saturated rings. The number of benzene rings is 1. The van der Waals surface area contributed by atoms with Crippen LogP contribution in [-0.2, 0) is 19.5 Å². The smallest absolute Gasteiger partial charge is 0.191 e. The molecule has 3 heterocycles. The van der Waals surface area contributed by atoms with E-state index in [1.54, 1.807) is 21.3 Å². The van der Waals surface area contributed by atoms with Crippen molar-refractivity contribution >= 4 is 11.6 Å². The number of aliphatic imine (C=N–C) groups is 1. The minimum Gasteiger partial charge on any atom is -0.497 e. The molecule has 2 aliphatic heterocycles. The van der Waals surface area contributed by atoms with Gasteiger partial charge in [-0.05, 0) is 19.3 Å². The average Bonchev–Trinajstić information content (AvgIpc) is 3.43. The van der Waals surface area contributed by atoms with Gasteiger partial charge < -0.3 is 29.6 Å². The van der Waals surface area contributed by atoms with E-state index in [0.717, 1.165) is 67.3 Å². The van der Waals surface area contributed by atoms with Crippen LogP contribution >= 0.6 is 0 Å². The van der Waals surface area contributed by atoms with E-state index >= 15 is 0 Å². The largest absolute Gasteiger partial charge is 0.497 e. The number of hydrogen-bond acceptors (Lipinski definition) is 6. The zero-order valence-corrected chi connectivity index (χ0v) is 18.0. The average molecular weight is 414 g/mol. The molecule has 0 aliphatic carbocycles. The molecule has 1 saturated heterocycles. The normalized spacial score (nSPS) is 18.8. The number of nitrogens with zero attached hydrogens (tertiary/aromatic N) is 5. The molecular formula is C21H31N7O2. The van der Waals surface area contributed by atoms with Crippen LogP contribution in [0.25, 0.3) is 0 Å². The minimum atomic E-state index is 0.306. The molecule has 2 aromatic rings. The van der Waals surface area contributed by atoms with Crippen LogP contribution in [0.4, 0.5) is 5.69 Å². The lowest BCUT2D eigenvalue weighted by atomic mass is 10.2. The number of rotatable bonds is 6. The van der Waals surface area contributed by atoms with E-state index in [1.807, 2.05) is 18.2 Å². The van der Waals surface area contributed by atoms with Gasteiger partial charge >= 0.3 is 0 Å². The molecular weight excluding hydrogens is 382 g/mol. The van der Waals surface area contributed by atoms with Gasteiger partial charge in [-0.15, -0.1) is 10.2 Å². The number of aryl methyl sites for hydroxylation is 1. The van der Waals surface area contributed by atoms with E-state index in [9.17, 15) is 0 Å². The number of fused-ring (bicyclic) bond motifs is 1. The molecule has 0 radical (unpaired) electrons. The predicted molar refractivity (Wildman–Crippen MR) is 116 cm³/mol. The second-order valence-corrected chi connectivity index (χ2v) is 7.71. The number of anilines is 1. The van der Waals surface area contributed by atoms with Crippen molar-refractivity contribution in [3.8, 4) is 11.5 Å². The third-order valence-corrected chi connectivity index (χ3v) is 5.80. The molecule has 2 aliphatic rings. The Hall–Kier alpha value is -2.97. The van der Waals surface area contributed by atoms with Crippen molar-refractivity contribution in [3.05, 3.63) is 29.8 Å². The van der Waals surface area contributed by atoms with Gasteiger partial charge in [-0.25, -0.2) is 0 Å². The Balaban J connectivity index is 1.34. The first-order valence-electron chi connectivity index (χ1n) is 10.6. The van der Waals surface area contributed by atoms with E-state index in [1.165, 1.54) is 12.8 Å². The Kier molecular flexibility index (Phi) is 6.25. The number of hydrogen-bond donors (Lipinski definition) is 2. The molecule has 30 heavy (non-hydrogen) atoms. The SMILES string of the molecule is CN=C(NCc1nnc2n1CCCC2)NC1CCN(c2cc(OC)cc(OC)c2)C1. The Labute approximate surface area is 177 Å². The maximum atomic E-state index is 5.41. The van der Waals surface area contributed by atoms with Gasteiger partial charge in [0, 0.05) is 63.0 Å². The third-order valence-electron chi connectivity index (χ3n) is 5.80. The van der Waals surface area contributed by atoms with Crippen molar-refractivity contribution in [3.63, 3.8) is 0 Å². The molecule has 4 rings (SSSR count). The summed E-state index contributed by atoms with van der Waals surface area (Å²) in [5.41, 5.74) is 1.11. The number of guanidine groups is 1. The van der Waals surface area contributed by atoms with Crippen molar-refractivity contribution < 1.29 is 9.47 Å². The minimum absolute atomic E-state index is 0.306. The highest BCUT2D eigenvalue weighted by Gasteiger charge is 2.24. The van der Waals surface area contributed by atoms with Crippen LogP contribution in [-0.4, -0.2) is 61.1 Å². The first-order valence-corrected chi connectivity index (χ1v) is 10.6. The molecule has 0 spiro atoms. The summed E-state index contributed by atoms with van der Waals surface area (Å²) in [6.45, 7) is 3.48. The summed E-state index contributed by atoms with van der Waals surface area (Å²) in [7, 11) is 5.15. The van der Waals surface area contributed by atoms with E-state index < -0.39 is 0 Å². The summed E-state index contributed by atoms with van der Waals surface area (Å²) in [5.74, 6) is 4.47. The Morgan fingerprint density at radius 2 is 1.93 bits per heavy atom. The Bertz CT molecular complexity index is 873. The fourth-order valence-electron chi connectivity index (χ4n) is 4.14. The molecule has 1 aromatic carbocycles. The van der Waals surface area contributed by atoms with E-state index in [4.69, 9.17) is 9.47 Å². The summed E-state index contributed by atoms with van der Waals surface area (Å²) >= 11 is 0. The van der Waals surface area contributed by atoms with E-state index in [0.29, 0.717) is 12.6 Å². The number of nitrogens with one attached hydrogen (secondary N) is 2. The van der Waals surface area contributed by atoms with Gasteiger partial charge in [-0.1, -0.05) is 0 Å². The molecule has 0 amide bonds. The zero-order valence-electron chi connectivity index (χ0n) is 18.0. The van der Waals surface area contributed by atoms with Crippen LogP contribution in [0, 0.1) is 0 Å². The fraction of sp³-hybridized carbons (Fsp3) is 0.571. The first-order chi connectivity index (χ1) is 14.7. The second kappa shape index (κ2) is 9.23. The van der Waals surface area contributed by atoms with E-state index in [-0.39, 0.29) is 0 Å². The second-order valence-electron chi connectivity index (χ2n) is 7.71. The number of methoxy groups -OCH3 is 2. The van der Waals surface area contributed by atoms with Crippen LogP contribution in [0.15, 0.2) is 23.2 Å². The van der Waals surface area contributed by atoms with Gasteiger partial charge in [0.25, 0.3) is 0 Å². The summed E-state index contributed by atoms with van der Waals surface area (Å²) in [6.07, 6.45) is 4.44. The molecule has 2 N–H and O–H groups in total. The molecule has 0 bridgehead atoms. The first kappa shape index (κ1) is 20.3. The molecule has 1 unspecified atom stereocenters. The van der Waals surface area contributed by atoms with Gasteiger partial charge in [0.1, 0.15) is 17.3 Å². The molecule has 1 atom stereocenters. The predicted octanol–water partition coefficient (Wildman–Crippen LogP) is 1.58. The maximum Gasteiger partial charge on any atom is 0.191 e. The molecule has 0 saturated carbocycles. The Morgan fingerprint density at radius 3 is 2.67 bits per heavy atom. The maximum absolute atomic E-state index is 5.41. The van der Waals surface area contributed by atoms with Crippen molar-refractivity contribution in [1.82, 2.24) is 25.4 Å². The van der Waals surface area contributed by atoms with Crippen LogP contribution < -0.4 is 25.0 Å². The van der Waals surface area contributed by atoms with Crippen LogP contribution in [0.2, 0.25) is 0 Å². The number of aromatic nitrogens is 3. The van der Waals surface area contributed by atoms with Crippen molar-refractivity contribution in [2.75, 3.05) is 39.3 Å². The number of ether oxygens (including phenoxy) is 2.